The van der Waals surface area contributed by atoms with Crippen LogP contribution in [0.3, 0.4) is 0 Å². The molecule has 3 rings (SSSR count). The van der Waals surface area contributed by atoms with Gasteiger partial charge in [0, 0.05) is 17.0 Å². The molecular weight excluding hydrogens is 328 g/mol. The van der Waals surface area contributed by atoms with E-state index in [0.717, 1.165) is 0 Å². The third-order valence-corrected chi connectivity index (χ3v) is 4.64. The molecule has 0 bridgehead atoms. The summed E-state index contributed by atoms with van der Waals surface area (Å²) in [7, 11) is 0. The average molecular weight is 344 g/mol. The van der Waals surface area contributed by atoms with Crippen LogP contribution in [0.15, 0.2) is 24.3 Å². The van der Waals surface area contributed by atoms with Crippen LogP contribution in [0, 0.1) is 17.8 Å². The Balaban J connectivity index is 1.82. The predicted molar refractivity (Wildman–Crippen MR) is 83.5 cm³/mol. The number of nitrogens with zero attached hydrogens (tertiary/aromatic N) is 3. The summed E-state index contributed by atoms with van der Waals surface area (Å²) in [6.07, 6.45) is 1.55. The second kappa shape index (κ2) is 6.80. The summed E-state index contributed by atoms with van der Waals surface area (Å²) in [6, 6.07) is 6.57. The Morgan fingerprint density at radius 1 is 1.08 bits per heavy atom. The van der Waals surface area contributed by atoms with Gasteiger partial charge in [-0.2, -0.15) is 5.21 Å². The number of benzene rings is 1. The lowest BCUT2D eigenvalue weighted by atomic mass is 9.80. The largest absolute Gasteiger partial charge is 0.481 e. The maximum atomic E-state index is 12.8. The highest BCUT2D eigenvalue weighted by atomic mass is 16.4. The lowest BCUT2D eigenvalue weighted by molar-refractivity contribution is -0.157. The van der Waals surface area contributed by atoms with Gasteiger partial charge in [-0.15, -0.1) is 10.2 Å². The molecule has 1 aromatic heterocycles. The number of aromatic amines is 1. The van der Waals surface area contributed by atoms with Gasteiger partial charge < -0.3 is 10.2 Å². The van der Waals surface area contributed by atoms with Crippen LogP contribution in [0.25, 0.3) is 11.4 Å². The third kappa shape index (κ3) is 3.25. The fourth-order valence-electron chi connectivity index (χ4n) is 3.47. The van der Waals surface area contributed by atoms with E-state index in [1.54, 1.807) is 24.3 Å². The molecular formula is C16H16N4O5. The van der Waals surface area contributed by atoms with E-state index in [-0.39, 0.29) is 5.78 Å². The quantitative estimate of drug-likeness (QED) is 0.524. The number of aromatic nitrogens is 4. The SMILES string of the molecule is O=C(O)C(C(=O)O)[C@@H]1CCC[C@H]1C(=O)c1ccc(-c2nn[nH]n2)cc1. The minimum absolute atomic E-state index is 0.227. The van der Waals surface area contributed by atoms with Crippen LogP contribution in [0.5, 0.6) is 0 Å². The van der Waals surface area contributed by atoms with Crippen molar-refractivity contribution in [2.75, 3.05) is 0 Å². The number of aliphatic carboxylic acids is 2. The minimum atomic E-state index is -1.56. The topological polar surface area (TPSA) is 146 Å². The maximum Gasteiger partial charge on any atom is 0.318 e. The Morgan fingerprint density at radius 3 is 2.32 bits per heavy atom. The molecule has 1 aliphatic carbocycles. The summed E-state index contributed by atoms with van der Waals surface area (Å²) in [5.41, 5.74) is 1.10. The number of carboxylic acid groups (broad SMARTS) is 2. The molecule has 9 heteroatoms. The molecule has 9 nitrogen and oxygen atoms in total. The highest BCUT2D eigenvalue weighted by Gasteiger charge is 2.44. The van der Waals surface area contributed by atoms with Gasteiger partial charge in [0.05, 0.1) is 0 Å². The van der Waals surface area contributed by atoms with E-state index in [9.17, 15) is 24.6 Å². The molecule has 1 heterocycles. The zero-order chi connectivity index (χ0) is 18.0. The Morgan fingerprint density at radius 2 is 1.76 bits per heavy atom. The third-order valence-electron chi connectivity index (χ3n) is 4.64. The minimum Gasteiger partial charge on any atom is -0.481 e. The Bertz CT molecular complexity index is 773. The number of hydrogen-bond acceptors (Lipinski definition) is 6. The van der Waals surface area contributed by atoms with E-state index >= 15 is 0 Å². The number of nitrogens with one attached hydrogen (secondary N) is 1. The van der Waals surface area contributed by atoms with E-state index in [0.29, 0.717) is 36.2 Å². The van der Waals surface area contributed by atoms with Crippen molar-refractivity contribution in [1.82, 2.24) is 20.6 Å². The fourth-order valence-corrected chi connectivity index (χ4v) is 3.47. The summed E-state index contributed by atoms with van der Waals surface area (Å²) in [5.74, 6) is -5.49. The van der Waals surface area contributed by atoms with Crippen LogP contribution in [0.1, 0.15) is 29.6 Å². The number of carbonyl (C=O) groups is 3. The van der Waals surface area contributed by atoms with E-state index in [2.05, 4.69) is 20.6 Å². The number of carboxylic acids is 2. The Labute approximate surface area is 142 Å². The van der Waals surface area contributed by atoms with E-state index < -0.39 is 29.7 Å². The number of H-pyrrole nitrogens is 1. The van der Waals surface area contributed by atoms with Crippen molar-refractivity contribution in [3.63, 3.8) is 0 Å². The van der Waals surface area contributed by atoms with Gasteiger partial charge in [0.2, 0.25) is 5.82 Å². The van der Waals surface area contributed by atoms with Gasteiger partial charge in [-0.05, 0) is 24.0 Å². The lowest BCUT2D eigenvalue weighted by Crippen LogP contribution is -2.35. The number of carbonyl (C=O) groups excluding carboxylic acids is 1. The van der Waals surface area contributed by atoms with Crippen LogP contribution in [-0.2, 0) is 9.59 Å². The second-order valence-corrected chi connectivity index (χ2v) is 6.03. The molecule has 0 saturated heterocycles. The van der Waals surface area contributed by atoms with Crippen LogP contribution < -0.4 is 0 Å². The van der Waals surface area contributed by atoms with Crippen molar-refractivity contribution in [2.45, 2.75) is 19.3 Å². The molecule has 1 aromatic carbocycles. The number of Topliss-reactive ketones (excluding diaryl/α,β-unsaturated/α-hetero) is 1. The molecule has 1 saturated carbocycles. The molecule has 0 unspecified atom stereocenters. The van der Waals surface area contributed by atoms with Gasteiger partial charge in [0.25, 0.3) is 0 Å². The first-order valence-electron chi connectivity index (χ1n) is 7.82. The molecule has 1 aliphatic rings. The predicted octanol–water partition coefficient (Wildman–Crippen LogP) is 1.25. The van der Waals surface area contributed by atoms with Crippen LogP contribution in [0.2, 0.25) is 0 Å². The highest BCUT2D eigenvalue weighted by molar-refractivity contribution is 6.00. The molecule has 0 spiro atoms. The van der Waals surface area contributed by atoms with Gasteiger partial charge >= 0.3 is 11.9 Å². The monoisotopic (exact) mass is 344 g/mol. The van der Waals surface area contributed by atoms with E-state index in [1.807, 2.05) is 0 Å². The number of tetrazole rings is 1. The molecule has 0 amide bonds. The summed E-state index contributed by atoms with van der Waals surface area (Å²) < 4.78 is 0. The Hall–Kier alpha value is -3.10. The highest BCUT2D eigenvalue weighted by Crippen LogP contribution is 2.39. The molecule has 1 fully saturated rings. The van der Waals surface area contributed by atoms with E-state index in [1.165, 1.54) is 0 Å². The summed E-state index contributed by atoms with van der Waals surface area (Å²) >= 11 is 0. The van der Waals surface area contributed by atoms with Crippen molar-refractivity contribution in [2.24, 2.45) is 17.8 Å². The summed E-state index contributed by atoms with van der Waals surface area (Å²) in [4.78, 5) is 35.4. The molecule has 2 atom stereocenters. The second-order valence-electron chi connectivity index (χ2n) is 6.03. The van der Waals surface area contributed by atoms with Gasteiger partial charge in [-0.3, -0.25) is 14.4 Å². The van der Waals surface area contributed by atoms with Crippen molar-refractivity contribution < 1.29 is 24.6 Å². The molecule has 3 N–H and O–H groups in total. The van der Waals surface area contributed by atoms with Gasteiger partial charge in [-0.25, -0.2) is 0 Å². The molecule has 0 aliphatic heterocycles. The van der Waals surface area contributed by atoms with Crippen molar-refractivity contribution in [3.05, 3.63) is 29.8 Å². The molecule has 130 valence electrons. The molecule has 0 radical (unpaired) electrons. The zero-order valence-electron chi connectivity index (χ0n) is 13.1. The number of ketones is 1. The van der Waals surface area contributed by atoms with Crippen LogP contribution in [0.4, 0.5) is 0 Å². The lowest BCUT2D eigenvalue weighted by Gasteiger charge is -2.22. The van der Waals surface area contributed by atoms with Crippen LogP contribution in [-0.4, -0.2) is 48.6 Å². The van der Waals surface area contributed by atoms with Crippen LogP contribution >= 0.6 is 0 Å². The standard InChI is InChI=1S/C16H16N4O5/c21-13(8-4-6-9(7-5-8)14-17-19-20-18-14)11-3-1-2-10(11)12(15(22)23)16(24)25/h4-7,10-12H,1-3H2,(H,22,23)(H,24,25)(H,17,18,19,20)/t10-,11-/m1/s1. The molecule has 25 heavy (non-hydrogen) atoms. The van der Waals surface area contributed by atoms with Gasteiger partial charge in [0.1, 0.15) is 0 Å². The zero-order valence-corrected chi connectivity index (χ0v) is 13.1. The smallest absolute Gasteiger partial charge is 0.318 e. The van der Waals surface area contributed by atoms with E-state index in [4.69, 9.17) is 0 Å². The number of hydrogen-bond donors (Lipinski definition) is 3. The summed E-state index contributed by atoms with van der Waals surface area (Å²) in [6.45, 7) is 0. The first-order chi connectivity index (χ1) is 12.0. The Kier molecular flexibility index (Phi) is 4.55. The fraction of sp³-hybridized carbons (Fsp3) is 0.375. The van der Waals surface area contributed by atoms with Crippen molar-refractivity contribution >= 4 is 17.7 Å². The first kappa shape index (κ1) is 16.7. The number of rotatable bonds is 6. The summed E-state index contributed by atoms with van der Waals surface area (Å²) in [5, 5.41) is 31.9. The van der Waals surface area contributed by atoms with Crippen molar-refractivity contribution in [3.8, 4) is 11.4 Å². The van der Waals surface area contributed by atoms with Crippen molar-refractivity contribution in [1.29, 1.82) is 0 Å². The maximum absolute atomic E-state index is 12.8. The van der Waals surface area contributed by atoms with Gasteiger partial charge in [-0.1, -0.05) is 30.7 Å². The molecule has 2 aromatic rings. The normalized spacial score (nSPS) is 19.9. The first-order valence-corrected chi connectivity index (χ1v) is 7.82. The average Bonchev–Trinajstić information content (AvgIpc) is 3.26. The van der Waals surface area contributed by atoms with Gasteiger partial charge in [0.15, 0.2) is 11.7 Å².